The van der Waals surface area contributed by atoms with Crippen LogP contribution in [0.25, 0.3) is 147 Å². The van der Waals surface area contributed by atoms with Gasteiger partial charge in [-0.1, -0.05) is 243 Å². The van der Waals surface area contributed by atoms with Crippen LogP contribution in [0.3, 0.4) is 0 Å². The summed E-state index contributed by atoms with van der Waals surface area (Å²) in [5.41, 5.74) is 21.2. The molecule has 0 unspecified atom stereocenters. The molecule has 0 saturated carbocycles. The van der Waals surface area contributed by atoms with Crippen LogP contribution in [0.2, 0.25) is 0 Å². The number of hydrogen-bond acceptors (Lipinski definition) is 2. The van der Waals surface area contributed by atoms with Crippen LogP contribution in [0.15, 0.2) is 291 Å². The van der Waals surface area contributed by atoms with Crippen molar-refractivity contribution in [3.8, 4) is 62.0 Å². The molecule has 412 valence electrons. The molecule has 17 aromatic rings. The summed E-state index contributed by atoms with van der Waals surface area (Å²) in [5, 5.41) is 26.1. The molecule has 0 saturated heterocycles. The molecule has 2 aliphatic heterocycles. The van der Waals surface area contributed by atoms with Crippen molar-refractivity contribution in [2.75, 3.05) is 4.90 Å². The molecule has 2 aromatic heterocycles. The minimum atomic E-state index is -0.285. The van der Waals surface area contributed by atoms with E-state index >= 15 is 0 Å². The Balaban J connectivity index is 0.978. The second-order valence-electron chi connectivity index (χ2n) is 23.9. The van der Waals surface area contributed by atoms with Gasteiger partial charge in [-0.2, -0.15) is 5.26 Å². The summed E-state index contributed by atoms with van der Waals surface area (Å²) >= 11 is 0. The van der Waals surface area contributed by atoms with Gasteiger partial charge in [0, 0.05) is 38.4 Å². The van der Waals surface area contributed by atoms with Crippen molar-refractivity contribution in [1.29, 1.82) is 5.26 Å². The molecule has 0 atom stereocenters. The Morgan fingerprint density at radius 3 is 1.24 bits per heavy atom. The van der Waals surface area contributed by atoms with Crippen LogP contribution in [-0.2, 0) is 0 Å². The third-order valence-electron chi connectivity index (χ3n) is 19.5. The highest BCUT2D eigenvalue weighted by Crippen LogP contribution is 2.53. The van der Waals surface area contributed by atoms with Crippen LogP contribution >= 0.6 is 0 Å². The van der Waals surface area contributed by atoms with Crippen LogP contribution in [0.4, 0.5) is 22.7 Å². The first-order valence-corrected chi connectivity index (χ1v) is 30.7. The molecule has 0 aliphatic carbocycles. The Morgan fingerprint density at radius 1 is 0.333 bits per heavy atom. The number of nitrogens with zero attached hydrogens (tertiary/aromatic N) is 5. The molecule has 0 N–H and O–H groups in total. The highest BCUT2D eigenvalue weighted by Gasteiger charge is 2.46. The Morgan fingerprint density at radius 2 is 0.744 bits per heavy atom. The maximum atomic E-state index is 12.5. The van der Waals surface area contributed by atoms with Crippen LogP contribution in [0.5, 0.6) is 0 Å². The summed E-state index contributed by atoms with van der Waals surface area (Å²) in [6.45, 7) is 9.47. The van der Waals surface area contributed by atoms with Gasteiger partial charge in [-0.15, -0.1) is 0 Å². The van der Waals surface area contributed by atoms with Crippen molar-refractivity contribution in [2.45, 2.75) is 0 Å². The minimum absolute atomic E-state index is 0.285. The van der Waals surface area contributed by atoms with Crippen LogP contribution in [0.1, 0.15) is 5.56 Å². The SMILES string of the molecule is [C-]#[N+]c1c(-n2c3ccc(-c4c5ccccc5c(-c5ccccc5)c5ccccc45)cc3c3cc(-c4c5ccccc5c(-c5ccccc5)c5ccccc45)ccc32)c(C#N)c2c3c1-n1c4ccccc4c4cccc(c41)B3c1ccccc1N2c1ccccc1. The fourth-order valence-electron chi connectivity index (χ4n) is 16.1. The largest absolute Gasteiger partial charge is 0.320 e. The lowest BCUT2D eigenvalue weighted by atomic mass is 9.33. The Hall–Kier alpha value is -12.2. The van der Waals surface area contributed by atoms with Crippen molar-refractivity contribution < 1.29 is 0 Å². The van der Waals surface area contributed by atoms with Gasteiger partial charge in [0.15, 0.2) is 0 Å². The fraction of sp³-hybridized carbons (Fsp3) is 0. The predicted octanol–water partition coefficient (Wildman–Crippen LogP) is 20.2. The monoisotopic (exact) mass is 1140 g/mol. The average molecular weight is 1140 g/mol. The van der Waals surface area contributed by atoms with Gasteiger partial charge in [0.25, 0.3) is 6.71 Å². The molecule has 4 heterocycles. The first-order chi connectivity index (χ1) is 44.7. The van der Waals surface area contributed by atoms with E-state index in [2.05, 4.69) is 305 Å². The van der Waals surface area contributed by atoms with Crippen molar-refractivity contribution in [1.82, 2.24) is 9.13 Å². The quantitative estimate of drug-likeness (QED) is 0.0946. The first-order valence-electron chi connectivity index (χ1n) is 30.7. The number of benzene rings is 15. The fourth-order valence-corrected chi connectivity index (χ4v) is 16.1. The number of aromatic nitrogens is 2. The highest BCUT2D eigenvalue weighted by molar-refractivity contribution is 7.00. The van der Waals surface area contributed by atoms with E-state index in [4.69, 9.17) is 4.85 Å². The molecule has 6 heteroatoms. The summed E-state index contributed by atoms with van der Waals surface area (Å²) in [7, 11) is 0. The highest BCUT2D eigenvalue weighted by atomic mass is 15.2. The molecule has 15 aromatic carbocycles. The van der Waals surface area contributed by atoms with Gasteiger partial charge in [-0.25, -0.2) is 4.85 Å². The lowest BCUT2D eigenvalue weighted by Gasteiger charge is -2.42. The third-order valence-corrected chi connectivity index (χ3v) is 19.5. The standard InChI is InChI=1S/C84H48BN5/c1-87-80-83(68(50-86)82-79-84(80)90-71-42-21-19-30-56(71)65-39-23-41-70(81(65)90)85(79)69-40-20-22-43-74(69)88(82)55-28-9-4-10-29-55)89-72-46-44-53(77-61-35-15-11-31-57(61)75(51-24-5-2-6-25-51)58-32-12-16-36-62(58)77)48-66(72)67-49-54(45-47-73(67)89)78-63-37-17-13-33-59(63)76(52-26-7-3-8-27-52)60-34-14-18-38-64(60)78/h2-49H. The molecular formula is C84H48BN5. The van der Waals surface area contributed by atoms with Crippen LogP contribution in [-0.4, -0.2) is 15.8 Å². The number of nitriles is 1. The zero-order valence-corrected chi connectivity index (χ0v) is 48.5. The molecule has 5 nitrogen and oxygen atoms in total. The lowest BCUT2D eigenvalue weighted by molar-refractivity contribution is 1.13. The van der Waals surface area contributed by atoms with Crippen molar-refractivity contribution in [3.05, 3.63) is 308 Å². The van der Waals surface area contributed by atoms with Crippen LogP contribution < -0.4 is 21.3 Å². The molecule has 0 spiro atoms. The Bertz CT molecular complexity index is 5730. The maximum absolute atomic E-state index is 12.5. The second kappa shape index (κ2) is 19.1. The zero-order valence-electron chi connectivity index (χ0n) is 48.5. The Kier molecular flexibility index (Phi) is 10.6. The maximum Gasteiger partial charge on any atom is 0.250 e. The number of hydrogen-bond donors (Lipinski definition) is 0. The average Bonchev–Trinajstić information content (AvgIpc) is 1.30. The molecule has 19 rings (SSSR count). The van der Waals surface area contributed by atoms with Gasteiger partial charge in [0.2, 0.25) is 5.69 Å². The molecular weight excluding hydrogens is 1090 g/mol. The van der Waals surface area contributed by atoms with Crippen molar-refractivity contribution in [2.24, 2.45) is 0 Å². The van der Waals surface area contributed by atoms with E-state index < -0.39 is 0 Å². The van der Waals surface area contributed by atoms with Gasteiger partial charge in [-0.05, 0) is 153 Å². The zero-order chi connectivity index (χ0) is 59.3. The first kappa shape index (κ1) is 50.0. The normalized spacial score (nSPS) is 12.4. The number of rotatable bonds is 6. The van der Waals surface area contributed by atoms with E-state index in [1.165, 1.54) is 43.8 Å². The van der Waals surface area contributed by atoms with Gasteiger partial charge in [0.1, 0.15) is 6.07 Å². The summed E-state index contributed by atoms with van der Waals surface area (Å²) in [6.07, 6.45) is 0. The summed E-state index contributed by atoms with van der Waals surface area (Å²) in [6, 6.07) is 108. The summed E-state index contributed by atoms with van der Waals surface area (Å²) < 4.78 is 4.63. The molecule has 0 radical (unpaired) electrons. The van der Waals surface area contributed by atoms with E-state index in [-0.39, 0.29) is 6.71 Å². The molecule has 0 amide bonds. The molecule has 2 aliphatic rings. The van der Waals surface area contributed by atoms with Gasteiger partial charge in [0.05, 0.1) is 45.7 Å². The third kappa shape index (κ3) is 6.79. The van der Waals surface area contributed by atoms with Crippen LogP contribution in [0, 0.1) is 17.9 Å². The van der Waals surface area contributed by atoms with E-state index in [0.29, 0.717) is 16.9 Å². The number of para-hydroxylation sites is 4. The molecule has 0 fully saturated rings. The Labute approximate surface area is 518 Å². The van der Waals surface area contributed by atoms with Crippen molar-refractivity contribution >= 4 is 133 Å². The van der Waals surface area contributed by atoms with Gasteiger partial charge < -0.3 is 14.0 Å². The second-order valence-corrected chi connectivity index (χ2v) is 23.9. The molecule has 90 heavy (non-hydrogen) atoms. The smallest absolute Gasteiger partial charge is 0.250 e. The lowest BCUT2D eigenvalue weighted by Crippen LogP contribution is -2.60. The topological polar surface area (TPSA) is 41.2 Å². The van der Waals surface area contributed by atoms with E-state index in [0.717, 1.165) is 127 Å². The van der Waals surface area contributed by atoms with Crippen molar-refractivity contribution in [3.63, 3.8) is 0 Å². The van der Waals surface area contributed by atoms with Gasteiger partial charge >= 0.3 is 0 Å². The summed E-state index contributed by atoms with van der Waals surface area (Å²) in [5.74, 6) is 0. The van der Waals surface area contributed by atoms with Gasteiger partial charge in [-0.3, -0.25) is 0 Å². The molecule has 0 bridgehead atoms. The van der Waals surface area contributed by atoms with E-state index in [9.17, 15) is 11.8 Å². The number of fused-ring (bicyclic) bond motifs is 14. The predicted molar refractivity (Wildman–Crippen MR) is 377 cm³/mol. The summed E-state index contributed by atoms with van der Waals surface area (Å²) in [4.78, 5) is 7.07. The van der Waals surface area contributed by atoms with E-state index in [1.54, 1.807) is 0 Å². The minimum Gasteiger partial charge on any atom is -0.320 e. The number of anilines is 3. The van der Waals surface area contributed by atoms with E-state index in [1.807, 2.05) is 6.07 Å².